The van der Waals surface area contributed by atoms with Crippen LogP contribution < -0.4 is 21.3 Å². The Morgan fingerprint density at radius 3 is 2.51 bits per heavy atom. The molecule has 2 aliphatic heterocycles. The number of rotatable bonds is 10. The smallest absolute Gasteiger partial charge is 0.404 e. The summed E-state index contributed by atoms with van der Waals surface area (Å²) in [6.07, 6.45) is 5.64. The number of likely N-dealkylation sites (tertiary alicyclic amines) is 1. The number of hydrogen-bond donors (Lipinski definition) is 3. The van der Waals surface area contributed by atoms with Gasteiger partial charge in [0.2, 0.25) is 0 Å². The van der Waals surface area contributed by atoms with Crippen molar-refractivity contribution < 1.29 is 22.8 Å². The molecule has 1 atom stereocenters. The molecule has 208 valence electrons. The number of aldehydes is 1. The lowest BCUT2D eigenvalue weighted by molar-refractivity contribution is -0.115. The van der Waals surface area contributed by atoms with Gasteiger partial charge in [-0.05, 0) is 69.1 Å². The molecule has 1 aromatic heterocycles. The summed E-state index contributed by atoms with van der Waals surface area (Å²) in [6, 6.07) is 7.74. The lowest BCUT2D eigenvalue weighted by Gasteiger charge is -2.30. The Labute approximate surface area is 225 Å². The van der Waals surface area contributed by atoms with Gasteiger partial charge in [-0.3, -0.25) is 14.6 Å². The molecule has 12 heteroatoms. The summed E-state index contributed by atoms with van der Waals surface area (Å²) in [5, 5.41) is 4.69. The highest BCUT2D eigenvalue weighted by molar-refractivity contribution is 5.99. The fourth-order valence-corrected chi connectivity index (χ4v) is 4.89. The van der Waals surface area contributed by atoms with Crippen molar-refractivity contribution in [1.82, 2.24) is 20.2 Å². The highest BCUT2D eigenvalue weighted by atomic mass is 19.4. The molecule has 0 saturated carbocycles. The summed E-state index contributed by atoms with van der Waals surface area (Å²) in [4.78, 5) is 37.4. The van der Waals surface area contributed by atoms with E-state index in [0.717, 1.165) is 57.1 Å². The van der Waals surface area contributed by atoms with Crippen molar-refractivity contribution in [2.75, 3.05) is 42.9 Å². The van der Waals surface area contributed by atoms with E-state index in [1.807, 2.05) is 12.1 Å². The van der Waals surface area contributed by atoms with Crippen LogP contribution in [0.1, 0.15) is 41.7 Å². The highest BCUT2D eigenvalue weighted by Gasteiger charge is 2.28. The van der Waals surface area contributed by atoms with Gasteiger partial charge in [-0.15, -0.1) is 0 Å². The predicted molar refractivity (Wildman–Crippen MR) is 143 cm³/mol. The summed E-state index contributed by atoms with van der Waals surface area (Å²) in [7, 11) is 0. The molecule has 0 aliphatic carbocycles. The molecule has 2 fully saturated rings. The number of carbonyl (C=O) groups is 2. The minimum Gasteiger partial charge on any atom is -0.404 e. The van der Waals surface area contributed by atoms with E-state index in [9.17, 15) is 22.8 Å². The third-order valence-corrected chi connectivity index (χ3v) is 6.78. The Hall–Kier alpha value is -3.93. The van der Waals surface area contributed by atoms with Gasteiger partial charge in [-0.25, -0.2) is 4.98 Å². The Bertz CT molecular complexity index is 1210. The largest absolute Gasteiger partial charge is 0.405 e. The molecule has 2 saturated heterocycles. The van der Waals surface area contributed by atoms with Crippen LogP contribution in [0.25, 0.3) is 5.57 Å². The molecule has 1 amide bonds. The van der Waals surface area contributed by atoms with Crippen molar-refractivity contribution in [3.05, 3.63) is 65.9 Å². The standard InChI is InChI=1S/C27H32F3N7O2/c28-27(29,30)18-33-25-15-32-14-24(35-25)20(13-31)12-21(17-38)34-26(39)19-5-7-22(8-6-19)37-11-3-4-23(37)16-36-9-1-2-10-36/h5-8,12-15,17,23H,1-4,9-11,16,18,31H2,(H,33,35)(H,34,39)/b20-13?,21-12+. The maximum Gasteiger partial charge on any atom is 0.405 e. The van der Waals surface area contributed by atoms with E-state index in [-0.39, 0.29) is 22.8 Å². The Morgan fingerprint density at radius 1 is 1.10 bits per heavy atom. The van der Waals surface area contributed by atoms with E-state index in [4.69, 9.17) is 5.73 Å². The van der Waals surface area contributed by atoms with E-state index < -0.39 is 18.6 Å². The fraction of sp³-hybridized carbons (Fsp3) is 0.407. The molecule has 2 aliphatic rings. The molecule has 0 spiro atoms. The van der Waals surface area contributed by atoms with Gasteiger partial charge in [0.25, 0.3) is 5.91 Å². The summed E-state index contributed by atoms with van der Waals surface area (Å²) in [5.74, 6) is -0.604. The quantitative estimate of drug-likeness (QED) is 0.238. The molecule has 1 aromatic carbocycles. The van der Waals surface area contributed by atoms with Crippen molar-refractivity contribution in [1.29, 1.82) is 0 Å². The van der Waals surface area contributed by atoms with Gasteiger partial charge in [0.05, 0.1) is 23.8 Å². The number of nitrogens with zero attached hydrogens (tertiary/aromatic N) is 4. The van der Waals surface area contributed by atoms with Crippen LogP contribution in [0.3, 0.4) is 0 Å². The topological polar surface area (TPSA) is 116 Å². The molecule has 0 radical (unpaired) electrons. The number of anilines is 2. The van der Waals surface area contributed by atoms with Crippen LogP contribution in [-0.4, -0.2) is 72.0 Å². The zero-order valence-corrected chi connectivity index (χ0v) is 21.5. The second kappa shape index (κ2) is 12.7. The van der Waals surface area contributed by atoms with Crippen LogP contribution in [0, 0.1) is 0 Å². The van der Waals surface area contributed by atoms with Crippen LogP contribution >= 0.6 is 0 Å². The summed E-state index contributed by atoms with van der Waals surface area (Å²) in [6.45, 7) is 3.06. The highest BCUT2D eigenvalue weighted by Crippen LogP contribution is 2.27. The third kappa shape index (κ3) is 7.79. The molecule has 9 nitrogen and oxygen atoms in total. The zero-order chi connectivity index (χ0) is 27.8. The number of halogens is 3. The Kier molecular flexibility index (Phi) is 9.18. The van der Waals surface area contributed by atoms with Crippen LogP contribution in [0.4, 0.5) is 24.7 Å². The first kappa shape index (κ1) is 28.1. The van der Waals surface area contributed by atoms with Crippen molar-refractivity contribution >= 4 is 29.3 Å². The first-order valence-electron chi connectivity index (χ1n) is 12.9. The normalized spacial score (nSPS) is 18.8. The number of allylic oxidation sites excluding steroid dienone is 3. The number of amides is 1. The number of hydrogen-bond acceptors (Lipinski definition) is 8. The third-order valence-electron chi connectivity index (χ3n) is 6.78. The van der Waals surface area contributed by atoms with E-state index in [1.165, 1.54) is 25.1 Å². The number of aromatic nitrogens is 2. The first-order valence-corrected chi connectivity index (χ1v) is 12.9. The molecule has 3 heterocycles. The Balaban J connectivity index is 1.40. The molecule has 4 rings (SSSR count). The maximum absolute atomic E-state index is 12.9. The zero-order valence-electron chi connectivity index (χ0n) is 21.5. The van der Waals surface area contributed by atoms with Crippen LogP contribution in [0.2, 0.25) is 0 Å². The van der Waals surface area contributed by atoms with Gasteiger partial charge >= 0.3 is 6.18 Å². The SMILES string of the molecule is NC=C(/C=C(\C=O)NC(=O)c1ccc(N2CCCC2CN2CCCC2)cc1)c1cncc(NCC(F)(F)F)n1. The van der Waals surface area contributed by atoms with Gasteiger partial charge in [-0.1, -0.05) is 0 Å². The molecule has 0 bridgehead atoms. The van der Waals surface area contributed by atoms with E-state index in [0.29, 0.717) is 17.9 Å². The lowest BCUT2D eigenvalue weighted by Crippen LogP contribution is -2.39. The number of carbonyl (C=O) groups excluding carboxylic acids is 2. The van der Waals surface area contributed by atoms with Crippen LogP contribution in [0.5, 0.6) is 0 Å². The van der Waals surface area contributed by atoms with E-state index in [2.05, 4.69) is 30.4 Å². The molecular weight excluding hydrogens is 511 g/mol. The Morgan fingerprint density at radius 2 is 1.85 bits per heavy atom. The van der Waals surface area contributed by atoms with Gasteiger partial charge in [0.15, 0.2) is 6.29 Å². The predicted octanol–water partition coefficient (Wildman–Crippen LogP) is 3.33. The van der Waals surface area contributed by atoms with Gasteiger partial charge in [0, 0.05) is 42.2 Å². The molecule has 2 aromatic rings. The van der Waals surface area contributed by atoms with Gasteiger partial charge < -0.3 is 26.2 Å². The van der Waals surface area contributed by atoms with Gasteiger partial charge in [-0.2, -0.15) is 13.2 Å². The molecule has 39 heavy (non-hydrogen) atoms. The monoisotopic (exact) mass is 543 g/mol. The van der Waals surface area contributed by atoms with Gasteiger partial charge in [0.1, 0.15) is 12.4 Å². The summed E-state index contributed by atoms with van der Waals surface area (Å²) in [5.41, 5.74) is 7.32. The maximum atomic E-state index is 12.9. The van der Waals surface area contributed by atoms with Crippen molar-refractivity contribution in [2.24, 2.45) is 5.73 Å². The van der Waals surface area contributed by atoms with Crippen molar-refractivity contribution in [2.45, 2.75) is 37.9 Å². The van der Waals surface area contributed by atoms with E-state index in [1.54, 1.807) is 12.1 Å². The fourth-order valence-electron chi connectivity index (χ4n) is 4.89. The second-order valence-electron chi connectivity index (χ2n) is 9.60. The summed E-state index contributed by atoms with van der Waals surface area (Å²) < 4.78 is 37.5. The first-order chi connectivity index (χ1) is 18.8. The summed E-state index contributed by atoms with van der Waals surface area (Å²) >= 11 is 0. The average molecular weight is 544 g/mol. The van der Waals surface area contributed by atoms with E-state index >= 15 is 0 Å². The number of nitrogens with one attached hydrogen (secondary N) is 2. The molecule has 4 N–H and O–H groups in total. The minimum atomic E-state index is -4.43. The number of alkyl halides is 3. The minimum absolute atomic E-state index is 0.0959. The number of nitrogens with two attached hydrogens (primary N) is 1. The number of benzene rings is 1. The lowest BCUT2D eigenvalue weighted by atomic mass is 10.1. The molecule has 1 unspecified atom stereocenters. The van der Waals surface area contributed by atoms with Crippen molar-refractivity contribution in [3.63, 3.8) is 0 Å². The second-order valence-corrected chi connectivity index (χ2v) is 9.60. The average Bonchev–Trinajstić information content (AvgIpc) is 3.62. The molecular formula is C27H32F3N7O2. The van der Waals surface area contributed by atoms with Crippen LogP contribution in [0.15, 0.2) is 54.6 Å². The van der Waals surface area contributed by atoms with Crippen LogP contribution in [-0.2, 0) is 4.79 Å². The van der Waals surface area contributed by atoms with Crippen molar-refractivity contribution in [3.8, 4) is 0 Å².